The number of nitrogens with two attached hydrogens (primary N) is 1. The van der Waals surface area contributed by atoms with Gasteiger partial charge in [0.15, 0.2) is 0 Å². The topological polar surface area (TPSA) is 67.6 Å². The van der Waals surface area contributed by atoms with Crippen LogP contribution in [0.25, 0.3) is 11.0 Å². The van der Waals surface area contributed by atoms with Crippen LogP contribution < -0.4 is 5.73 Å². The van der Waals surface area contributed by atoms with Crippen molar-refractivity contribution in [2.45, 2.75) is 19.4 Å². The van der Waals surface area contributed by atoms with E-state index in [-0.39, 0.29) is 6.04 Å². The SMILES string of the molecule is Cc1nc2cc(C(N)CC#N)ccc2n1C. The summed E-state index contributed by atoms with van der Waals surface area (Å²) in [7, 11) is 1.99. The van der Waals surface area contributed by atoms with E-state index in [4.69, 9.17) is 11.0 Å². The van der Waals surface area contributed by atoms with Crippen LogP contribution in [0.4, 0.5) is 0 Å². The fourth-order valence-corrected chi connectivity index (χ4v) is 1.78. The van der Waals surface area contributed by atoms with E-state index in [2.05, 4.69) is 11.1 Å². The number of aryl methyl sites for hydroxylation is 2. The Labute approximate surface area is 94.3 Å². The Kier molecular flexibility index (Phi) is 2.63. The van der Waals surface area contributed by atoms with Crippen molar-refractivity contribution in [2.75, 3.05) is 0 Å². The van der Waals surface area contributed by atoms with Crippen LogP contribution >= 0.6 is 0 Å². The normalized spacial score (nSPS) is 12.6. The third-order valence-corrected chi connectivity index (χ3v) is 2.87. The zero-order valence-corrected chi connectivity index (χ0v) is 9.44. The molecule has 1 unspecified atom stereocenters. The molecule has 0 aliphatic carbocycles. The third-order valence-electron chi connectivity index (χ3n) is 2.87. The second-order valence-corrected chi connectivity index (χ2v) is 3.93. The van der Waals surface area contributed by atoms with Gasteiger partial charge in [-0.2, -0.15) is 5.26 Å². The molecular weight excluding hydrogens is 200 g/mol. The quantitative estimate of drug-likeness (QED) is 0.828. The first-order valence-corrected chi connectivity index (χ1v) is 5.19. The van der Waals surface area contributed by atoms with Crippen LogP contribution in [0.15, 0.2) is 18.2 Å². The van der Waals surface area contributed by atoms with E-state index in [0.29, 0.717) is 6.42 Å². The van der Waals surface area contributed by atoms with Crippen LogP contribution in [-0.4, -0.2) is 9.55 Å². The van der Waals surface area contributed by atoms with Crippen molar-refractivity contribution < 1.29 is 0 Å². The summed E-state index contributed by atoms with van der Waals surface area (Å²) in [6, 6.07) is 7.78. The molecule has 0 saturated carbocycles. The lowest BCUT2D eigenvalue weighted by Gasteiger charge is -2.07. The number of nitrogens with zero attached hydrogens (tertiary/aromatic N) is 3. The first-order chi connectivity index (χ1) is 7.63. The second kappa shape index (κ2) is 3.95. The zero-order valence-electron chi connectivity index (χ0n) is 9.44. The van der Waals surface area contributed by atoms with E-state index in [0.717, 1.165) is 22.4 Å². The van der Waals surface area contributed by atoms with Crippen molar-refractivity contribution in [3.8, 4) is 6.07 Å². The summed E-state index contributed by atoms with van der Waals surface area (Å²) in [5, 5.41) is 8.61. The maximum atomic E-state index is 8.61. The molecule has 0 radical (unpaired) electrons. The summed E-state index contributed by atoms with van der Waals surface area (Å²) in [6.45, 7) is 1.97. The highest BCUT2D eigenvalue weighted by Crippen LogP contribution is 2.20. The van der Waals surface area contributed by atoms with E-state index in [1.165, 1.54) is 0 Å². The number of benzene rings is 1. The predicted octanol–water partition coefficient (Wildman–Crippen LogP) is 1.80. The van der Waals surface area contributed by atoms with E-state index in [1.807, 2.05) is 36.7 Å². The van der Waals surface area contributed by atoms with E-state index in [9.17, 15) is 0 Å². The largest absolute Gasteiger partial charge is 0.331 e. The molecule has 1 atom stereocenters. The number of rotatable bonds is 2. The third kappa shape index (κ3) is 1.66. The smallest absolute Gasteiger partial charge is 0.106 e. The molecule has 4 nitrogen and oxygen atoms in total. The molecule has 2 rings (SSSR count). The van der Waals surface area contributed by atoms with Gasteiger partial charge in [0.1, 0.15) is 5.82 Å². The van der Waals surface area contributed by atoms with Crippen molar-refractivity contribution in [1.82, 2.24) is 9.55 Å². The van der Waals surface area contributed by atoms with Gasteiger partial charge in [-0.3, -0.25) is 0 Å². The van der Waals surface area contributed by atoms with E-state index >= 15 is 0 Å². The monoisotopic (exact) mass is 214 g/mol. The van der Waals surface area contributed by atoms with E-state index < -0.39 is 0 Å². The molecule has 0 bridgehead atoms. The van der Waals surface area contributed by atoms with Gasteiger partial charge < -0.3 is 10.3 Å². The zero-order chi connectivity index (χ0) is 11.7. The molecule has 1 heterocycles. The van der Waals surface area contributed by atoms with Gasteiger partial charge in [-0.25, -0.2) is 4.98 Å². The Morgan fingerprint density at radius 2 is 2.31 bits per heavy atom. The highest BCUT2D eigenvalue weighted by atomic mass is 15.0. The lowest BCUT2D eigenvalue weighted by molar-refractivity contribution is 0.749. The van der Waals surface area contributed by atoms with Crippen LogP contribution in [0.5, 0.6) is 0 Å². The molecule has 0 fully saturated rings. The average Bonchev–Trinajstić information content (AvgIpc) is 2.55. The average molecular weight is 214 g/mol. The van der Waals surface area contributed by atoms with Gasteiger partial charge in [0, 0.05) is 13.1 Å². The Balaban J connectivity index is 2.49. The van der Waals surface area contributed by atoms with Crippen LogP contribution in [0.2, 0.25) is 0 Å². The summed E-state index contributed by atoms with van der Waals surface area (Å²) < 4.78 is 2.04. The van der Waals surface area contributed by atoms with Gasteiger partial charge in [-0.1, -0.05) is 6.07 Å². The molecular formula is C12H14N4. The van der Waals surface area contributed by atoms with Crippen LogP contribution in [0.3, 0.4) is 0 Å². The first-order valence-electron chi connectivity index (χ1n) is 5.19. The molecule has 2 aromatic rings. The lowest BCUT2D eigenvalue weighted by Crippen LogP contribution is -2.08. The summed E-state index contributed by atoms with van der Waals surface area (Å²) in [5.74, 6) is 0.973. The number of aromatic nitrogens is 2. The molecule has 82 valence electrons. The van der Waals surface area contributed by atoms with Gasteiger partial charge in [0.05, 0.1) is 23.5 Å². The fraction of sp³-hybridized carbons (Fsp3) is 0.333. The summed E-state index contributed by atoms with van der Waals surface area (Å²) in [5.41, 5.74) is 8.87. The number of hydrogen-bond acceptors (Lipinski definition) is 3. The summed E-state index contributed by atoms with van der Waals surface area (Å²) in [4.78, 5) is 4.44. The molecule has 0 amide bonds. The second-order valence-electron chi connectivity index (χ2n) is 3.93. The van der Waals surface area contributed by atoms with Gasteiger partial charge >= 0.3 is 0 Å². The Hall–Kier alpha value is -1.86. The molecule has 16 heavy (non-hydrogen) atoms. The Bertz CT molecular complexity index is 562. The van der Waals surface area contributed by atoms with Gasteiger partial charge in [-0.15, -0.1) is 0 Å². The van der Waals surface area contributed by atoms with Crippen molar-refractivity contribution >= 4 is 11.0 Å². The molecule has 0 saturated heterocycles. The molecule has 1 aromatic carbocycles. The summed E-state index contributed by atoms with van der Waals surface area (Å²) in [6.07, 6.45) is 0.331. The van der Waals surface area contributed by atoms with Gasteiger partial charge in [0.25, 0.3) is 0 Å². The highest BCUT2D eigenvalue weighted by Gasteiger charge is 2.09. The standard InChI is InChI=1S/C12H14N4/c1-8-15-11-7-9(10(14)5-6-13)3-4-12(11)16(8)2/h3-4,7,10H,5,14H2,1-2H3. The maximum absolute atomic E-state index is 8.61. The predicted molar refractivity (Wildman–Crippen MR) is 62.6 cm³/mol. The maximum Gasteiger partial charge on any atom is 0.106 e. The van der Waals surface area contributed by atoms with Crippen molar-refractivity contribution in [3.05, 3.63) is 29.6 Å². The van der Waals surface area contributed by atoms with Crippen LogP contribution in [0.1, 0.15) is 23.9 Å². The first kappa shape index (κ1) is 10.7. The summed E-state index contributed by atoms with van der Waals surface area (Å²) >= 11 is 0. The number of hydrogen-bond donors (Lipinski definition) is 1. The minimum Gasteiger partial charge on any atom is -0.331 e. The number of nitriles is 1. The minimum atomic E-state index is -0.225. The Morgan fingerprint density at radius 1 is 1.56 bits per heavy atom. The van der Waals surface area contributed by atoms with Crippen molar-refractivity contribution in [2.24, 2.45) is 12.8 Å². The molecule has 1 aromatic heterocycles. The lowest BCUT2D eigenvalue weighted by atomic mass is 10.0. The van der Waals surface area contributed by atoms with Gasteiger partial charge in [-0.05, 0) is 24.6 Å². The molecule has 4 heteroatoms. The molecule has 0 spiro atoms. The van der Waals surface area contributed by atoms with Gasteiger partial charge in [0.2, 0.25) is 0 Å². The highest BCUT2D eigenvalue weighted by molar-refractivity contribution is 5.76. The van der Waals surface area contributed by atoms with Crippen LogP contribution in [-0.2, 0) is 7.05 Å². The van der Waals surface area contributed by atoms with Crippen molar-refractivity contribution in [3.63, 3.8) is 0 Å². The number of fused-ring (bicyclic) bond motifs is 1. The van der Waals surface area contributed by atoms with Crippen molar-refractivity contribution in [1.29, 1.82) is 5.26 Å². The van der Waals surface area contributed by atoms with E-state index in [1.54, 1.807) is 0 Å². The molecule has 2 N–H and O–H groups in total. The molecule has 0 aliphatic rings. The fourth-order valence-electron chi connectivity index (χ4n) is 1.78. The number of imidazole rings is 1. The molecule has 0 aliphatic heterocycles. The minimum absolute atomic E-state index is 0.225. The van der Waals surface area contributed by atoms with Crippen LogP contribution in [0, 0.1) is 18.3 Å². The Morgan fingerprint density at radius 3 is 3.00 bits per heavy atom.